The van der Waals surface area contributed by atoms with Crippen LogP contribution in [-0.4, -0.2) is 27.7 Å². The monoisotopic (exact) mass is 278 g/mol. The van der Waals surface area contributed by atoms with E-state index in [0.717, 1.165) is 12.1 Å². The van der Waals surface area contributed by atoms with Gasteiger partial charge in [-0.2, -0.15) is 13.2 Å². The van der Waals surface area contributed by atoms with Gasteiger partial charge in [-0.1, -0.05) is 12.1 Å². The second-order valence-corrected chi connectivity index (χ2v) is 3.80. The Bertz CT molecular complexity index is 514. The Hall–Kier alpha value is -2.16. The van der Waals surface area contributed by atoms with Gasteiger partial charge < -0.3 is 10.4 Å². The van der Waals surface area contributed by atoms with E-state index in [1.54, 1.807) is 5.32 Å². The van der Waals surface area contributed by atoms with Gasteiger partial charge in [-0.15, -0.1) is 0 Å². The maximum Gasteiger partial charge on any atom is 0.426 e. The standard InChI is InChI=1S/C10H9F3N2O4/c1-9(17,10(11,12)13)8(16)14-6-4-2-3-5-7(6)15(18)19/h2-5,17H,1H3,(H,14,16)/t9-/m1/s1. The summed E-state index contributed by atoms with van der Waals surface area (Å²) < 4.78 is 37.2. The number of halogens is 3. The molecule has 0 saturated carbocycles. The van der Waals surface area contributed by atoms with Crippen LogP contribution in [0.25, 0.3) is 0 Å². The topological polar surface area (TPSA) is 92.5 Å². The lowest BCUT2D eigenvalue weighted by Crippen LogP contribution is -2.52. The van der Waals surface area contributed by atoms with Crippen LogP contribution in [0.3, 0.4) is 0 Å². The van der Waals surface area contributed by atoms with Crippen LogP contribution in [0.5, 0.6) is 0 Å². The van der Waals surface area contributed by atoms with Crippen LogP contribution in [-0.2, 0) is 4.79 Å². The molecule has 104 valence electrons. The summed E-state index contributed by atoms with van der Waals surface area (Å²) in [4.78, 5) is 21.1. The SMILES string of the molecule is C[C@@](O)(C(=O)Nc1ccccc1[N+](=O)[O-])C(F)(F)F. The first kappa shape index (κ1) is 14.9. The van der Waals surface area contributed by atoms with Crippen LogP contribution in [0.4, 0.5) is 24.5 Å². The van der Waals surface area contributed by atoms with Gasteiger partial charge in [-0.25, -0.2) is 0 Å². The summed E-state index contributed by atoms with van der Waals surface area (Å²) in [7, 11) is 0. The third-order valence-electron chi connectivity index (χ3n) is 2.34. The molecule has 6 nitrogen and oxygen atoms in total. The molecule has 1 aromatic carbocycles. The number of nitrogens with zero attached hydrogens (tertiary/aromatic N) is 1. The molecule has 1 atom stereocenters. The van der Waals surface area contributed by atoms with Crippen LogP contribution in [0.2, 0.25) is 0 Å². The Morgan fingerprint density at radius 3 is 2.37 bits per heavy atom. The van der Waals surface area contributed by atoms with Gasteiger partial charge in [0.25, 0.3) is 11.6 Å². The average Bonchev–Trinajstić information content (AvgIpc) is 2.27. The summed E-state index contributed by atoms with van der Waals surface area (Å²) in [6.07, 6.45) is -5.19. The molecule has 0 radical (unpaired) electrons. The van der Waals surface area contributed by atoms with Gasteiger partial charge in [0.1, 0.15) is 5.69 Å². The van der Waals surface area contributed by atoms with Crippen LogP contribution >= 0.6 is 0 Å². The molecule has 0 spiro atoms. The summed E-state index contributed by atoms with van der Waals surface area (Å²) in [6, 6.07) is 4.65. The summed E-state index contributed by atoms with van der Waals surface area (Å²) in [5, 5.41) is 21.4. The number of para-hydroxylation sites is 2. The van der Waals surface area contributed by atoms with E-state index in [0.29, 0.717) is 0 Å². The molecule has 0 aliphatic heterocycles. The number of nitro groups is 1. The molecule has 0 aromatic heterocycles. The van der Waals surface area contributed by atoms with Crippen molar-refractivity contribution >= 4 is 17.3 Å². The van der Waals surface area contributed by atoms with E-state index in [1.807, 2.05) is 0 Å². The van der Waals surface area contributed by atoms with Crippen molar-refractivity contribution in [3.05, 3.63) is 34.4 Å². The van der Waals surface area contributed by atoms with Crippen molar-refractivity contribution in [1.29, 1.82) is 0 Å². The number of nitro benzene ring substituents is 1. The number of hydrogen-bond acceptors (Lipinski definition) is 4. The third-order valence-corrected chi connectivity index (χ3v) is 2.34. The molecular weight excluding hydrogens is 269 g/mol. The molecule has 0 fully saturated rings. The minimum atomic E-state index is -5.19. The van der Waals surface area contributed by atoms with E-state index in [2.05, 4.69) is 0 Å². The predicted octanol–water partition coefficient (Wildman–Crippen LogP) is 1.85. The minimum absolute atomic E-state index is 0.261. The quantitative estimate of drug-likeness (QED) is 0.651. The fraction of sp³-hybridized carbons (Fsp3) is 0.300. The molecule has 1 aromatic rings. The van der Waals surface area contributed by atoms with Crippen LogP contribution in [0.1, 0.15) is 6.92 Å². The highest BCUT2D eigenvalue weighted by Crippen LogP contribution is 2.32. The van der Waals surface area contributed by atoms with Crippen molar-refractivity contribution < 1.29 is 28.0 Å². The molecule has 2 N–H and O–H groups in total. The lowest BCUT2D eigenvalue weighted by molar-refractivity contribution is -0.384. The molecule has 0 unspecified atom stereocenters. The summed E-state index contributed by atoms with van der Waals surface area (Å²) in [5.41, 5.74) is -4.65. The number of anilines is 1. The number of hydrogen-bond donors (Lipinski definition) is 2. The lowest BCUT2D eigenvalue weighted by atomic mass is 10.1. The lowest BCUT2D eigenvalue weighted by Gasteiger charge is -2.24. The average molecular weight is 278 g/mol. The van der Waals surface area contributed by atoms with Crippen molar-refractivity contribution in [2.24, 2.45) is 0 Å². The number of alkyl halides is 3. The Balaban J connectivity index is 3.05. The van der Waals surface area contributed by atoms with Gasteiger partial charge in [0.2, 0.25) is 5.60 Å². The fourth-order valence-corrected chi connectivity index (χ4v) is 1.11. The number of aliphatic hydroxyl groups is 1. The van der Waals surface area contributed by atoms with E-state index in [9.17, 15) is 28.1 Å². The first-order chi connectivity index (χ1) is 8.57. The molecule has 1 amide bonds. The van der Waals surface area contributed by atoms with Gasteiger partial charge in [-0.05, 0) is 13.0 Å². The smallest absolute Gasteiger partial charge is 0.373 e. The first-order valence-electron chi connectivity index (χ1n) is 4.91. The number of benzene rings is 1. The van der Waals surface area contributed by atoms with Crippen molar-refractivity contribution in [1.82, 2.24) is 0 Å². The second kappa shape index (κ2) is 4.84. The minimum Gasteiger partial charge on any atom is -0.373 e. The molecular formula is C10H9F3N2O4. The van der Waals surface area contributed by atoms with Crippen LogP contribution in [0.15, 0.2) is 24.3 Å². The van der Waals surface area contributed by atoms with E-state index >= 15 is 0 Å². The zero-order valence-electron chi connectivity index (χ0n) is 9.56. The van der Waals surface area contributed by atoms with E-state index < -0.39 is 34.0 Å². The van der Waals surface area contributed by atoms with E-state index in [1.165, 1.54) is 12.1 Å². The highest BCUT2D eigenvalue weighted by molar-refractivity contribution is 5.99. The van der Waals surface area contributed by atoms with Crippen LogP contribution in [0, 0.1) is 10.1 Å². The molecule has 0 bridgehead atoms. The predicted molar refractivity (Wildman–Crippen MR) is 58.4 cm³/mol. The first-order valence-corrected chi connectivity index (χ1v) is 4.91. The fourth-order valence-electron chi connectivity index (χ4n) is 1.11. The number of nitrogens with one attached hydrogen (secondary N) is 1. The third kappa shape index (κ3) is 2.99. The largest absolute Gasteiger partial charge is 0.426 e. The summed E-state index contributed by atoms with van der Waals surface area (Å²) in [6.45, 7) is 0.261. The highest BCUT2D eigenvalue weighted by Gasteiger charge is 2.56. The molecule has 1 rings (SSSR count). The van der Waals surface area contributed by atoms with Gasteiger partial charge in [0, 0.05) is 6.07 Å². The summed E-state index contributed by atoms with van der Waals surface area (Å²) >= 11 is 0. The number of carbonyl (C=O) groups excluding carboxylic acids is 1. The molecule has 9 heteroatoms. The number of rotatable bonds is 3. The Morgan fingerprint density at radius 1 is 1.37 bits per heavy atom. The zero-order chi connectivity index (χ0) is 14.8. The maximum atomic E-state index is 12.4. The summed E-state index contributed by atoms with van der Waals surface area (Å²) in [5.74, 6) is -1.80. The normalized spacial score (nSPS) is 14.6. The van der Waals surface area contributed by atoms with Crippen molar-refractivity contribution in [2.45, 2.75) is 18.7 Å². The van der Waals surface area contributed by atoms with Crippen LogP contribution < -0.4 is 5.32 Å². The van der Waals surface area contributed by atoms with E-state index in [-0.39, 0.29) is 6.92 Å². The molecule has 0 aliphatic carbocycles. The van der Waals surface area contributed by atoms with Gasteiger partial charge in [0.15, 0.2) is 0 Å². The maximum absolute atomic E-state index is 12.4. The van der Waals surface area contributed by atoms with Gasteiger partial charge in [-0.3, -0.25) is 14.9 Å². The Labute approximate surface area is 105 Å². The Kier molecular flexibility index (Phi) is 3.80. The number of carbonyl (C=O) groups is 1. The molecule has 0 heterocycles. The van der Waals surface area contributed by atoms with Crippen molar-refractivity contribution in [3.63, 3.8) is 0 Å². The number of amides is 1. The van der Waals surface area contributed by atoms with Crippen molar-refractivity contribution in [2.75, 3.05) is 5.32 Å². The second-order valence-electron chi connectivity index (χ2n) is 3.80. The highest BCUT2D eigenvalue weighted by atomic mass is 19.4. The van der Waals surface area contributed by atoms with Crippen molar-refractivity contribution in [3.8, 4) is 0 Å². The molecule has 0 saturated heterocycles. The van der Waals surface area contributed by atoms with Gasteiger partial charge in [0.05, 0.1) is 4.92 Å². The van der Waals surface area contributed by atoms with Gasteiger partial charge >= 0.3 is 6.18 Å². The molecule has 19 heavy (non-hydrogen) atoms. The van der Waals surface area contributed by atoms with E-state index in [4.69, 9.17) is 5.11 Å². The zero-order valence-corrected chi connectivity index (χ0v) is 9.56. The Morgan fingerprint density at radius 2 is 1.89 bits per heavy atom. The molecule has 0 aliphatic rings.